The first-order chi connectivity index (χ1) is 18.7. The molecule has 2 atom stereocenters. The number of hydrogen-bond acceptors (Lipinski definition) is 5. The van der Waals surface area contributed by atoms with E-state index in [1.54, 1.807) is 13.3 Å². The molecule has 1 aliphatic rings. The molecule has 0 spiro atoms. The fraction of sp³-hybridized carbons (Fsp3) is 0.0968. The molecule has 5 aromatic rings. The minimum Gasteiger partial charge on any atom is -0.497 e. The van der Waals surface area contributed by atoms with Crippen LogP contribution in [0.4, 0.5) is 5.69 Å². The Labute approximate surface area is 226 Å². The van der Waals surface area contributed by atoms with E-state index in [2.05, 4.69) is 15.2 Å². The van der Waals surface area contributed by atoms with E-state index in [0.29, 0.717) is 5.11 Å². The van der Waals surface area contributed by atoms with Crippen molar-refractivity contribution in [2.75, 3.05) is 12.0 Å². The van der Waals surface area contributed by atoms with Gasteiger partial charge in [-0.2, -0.15) is 0 Å². The van der Waals surface area contributed by atoms with Crippen LogP contribution in [0.15, 0.2) is 120 Å². The number of furan rings is 1. The molecule has 0 bridgehead atoms. The lowest BCUT2D eigenvalue weighted by Crippen LogP contribution is -2.29. The minimum atomic E-state index is -0.233. The normalized spacial score (nSPS) is 16.8. The van der Waals surface area contributed by atoms with Gasteiger partial charge in [-0.3, -0.25) is 4.98 Å². The van der Waals surface area contributed by atoms with Gasteiger partial charge in [0.05, 0.1) is 18.8 Å². The molecule has 2 aromatic heterocycles. The lowest BCUT2D eigenvalue weighted by Gasteiger charge is -2.26. The maximum Gasteiger partial charge on any atom is 0.174 e. The molecular formula is C31H25N3O3S. The van der Waals surface area contributed by atoms with Crippen molar-refractivity contribution in [1.82, 2.24) is 10.3 Å². The minimum absolute atomic E-state index is 0.186. The molecule has 0 amide bonds. The summed E-state index contributed by atoms with van der Waals surface area (Å²) in [7, 11) is 1.64. The van der Waals surface area contributed by atoms with Crippen LogP contribution < -0.4 is 19.7 Å². The van der Waals surface area contributed by atoms with Crippen LogP contribution in [0.3, 0.4) is 0 Å². The zero-order chi connectivity index (χ0) is 25.9. The van der Waals surface area contributed by atoms with Gasteiger partial charge in [0.25, 0.3) is 0 Å². The maximum atomic E-state index is 6.42. The third-order valence-electron chi connectivity index (χ3n) is 6.48. The molecule has 0 unspecified atom stereocenters. The summed E-state index contributed by atoms with van der Waals surface area (Å²) in [6.45, 7) is 0. The molecule has 1 aliphatic heterocycles. The summed E-state index contributed by atoms with van der Waals surface area (Å²) in [6, 6.07) is 34.9. The quantitative estimate of drug-likeness (QED) is 0.226. The number of ether oxygens (including phenoxy) is 2. The second kappa shape index (κ2) is 10.4. The Kier molecular flexibility index (Phi) is 6.50. The molecule has 3 heterocycles. The van der Waals surface area contributed by atoms with Crippen LogP contribution in [0.25, 0.3) is 11.3 Å². The van der Waals surface area contributed by atoms with Crippen molar-refractivity contribution >= 4 is 23.0 Å². The summed E-state index contributed by atoms with van der Waals surface area (Å²) in [6.07, 6.45) is 1.79. The summed E-state index contributed by atoms with van der Waals surface area (Å²) in [5.74, 6) is 3.84. The second-order valence-corrected chi connectivity index (χ2v) is 9.22. The van der Waals surface area contributed by atoms with E-state index in [1.165, 1.54) is 0 Å². The van der Waals surface area contributed by atoms with Crippen molar-refractivity contribution in [3.63, 3.8) is 0 Å². The first-order valence-corrected chi connectivity index (χ1v) is 12.7. The van der Waals surface area contributed by atoms with Gasteiger partial charge >= 0.3 is 0 Å². The Bertz CT molecular complexity index is 1520. The summed E-state index contributed by atoms with van der Waals surface area (Å²) in [4.78, 5) is 6.70. The van der Waals surface area contributed by atoms with E-state index in [1.807, 2.05) is 109 Å². The Hall–Kier alpha value is -4.62. The van der Waals surface area contributed by atoms with Gasteiger partial charge in [-0.05, 0) is 85.0 Å². The molecule has 0 saturated carbocycles. The van der Waals surface area contributed by atoms with E-state index in [-0.39, 0.29) is 12.1 Å². The number of methoxy groups -OCH3 is 1. The van der Waals surface area contributed by atoms with E-state index in [4.69, 9.17) is 26.1 Å². The van der Waals surface area contributed by atoms with Crippen molar-refractivity contribution in [3.8, 4) is 28.6 Å². The third kappa shape index (κ3) is 4.71. The van der Waals surface area contributed by atoms with E-state index in [9.17, 15) is 0 Å². The topological polar surface area (TPSA) is 59.8 Å². The fourth-order valence-electron chi connectivity index (χ4n) is 4.65. The highest BCUT2D eigenvalue weighted by atomic mass is 32.1. The molecular weight excluding hydrogens is 494 g/mol. The molecule has 1 fully saturated rings. The van der Waals surface area contributed by atoms with Crippen LogP contribution >= 0.6 is 12.2 Å². The van der Waals surface area contributed by atoms with Gasteiger partial charge in [0, 0.05) is 17.4 Å². The molecule has 7 heteroatoms. The summed E-state index contributed by atoms with van der Waals surface area (Å²) in [5, 5.41) is 4.08. The van der Waals surface area contributed by atoms with Gasteiger partial charge < -0.3 is 24.1 Å². The second-order valence-electron chi connectivity index (χ2n) is 8.84. The van der Waals surface area contributed by atoms with E-state index >= 15 is 0 Å². The van der Waals surface area contributed by atoms with Crippen molar-refractivity contribution in [2.45, 2.75) is 12.1 Å². The zero-order valence-electron chi connectivity index (χ0n) is 20.7. The number of hydrogen-bond donors (Lipinski definition) is 1. The number of thiocarbonyl (C=S) groups is 1. The molecule has 38 heavy (non-hydrogen) atoms. The molecule has 0 radical (unpaired) electrons. The van der Waals surface area contributed by atoms with Gasteiger partial charge in [-0.15, -0.1) is 0 Å². The first-order valence-electron chi connectivity index (χ1n) is 12.3. The molecule has 3 aromatic carbocycles. The fourth-order valence-corrected chi connectivity index (χ4v) is 4.99. The van der Waals surface area contributed by atoms with Crippen LogP contribution in [0, 0.1) is 0 Å². The highest BCUT2D eigenvalue weighted by molar-refractivity contribution is 7.80. The van der Waals surface area contributed by atoms with Crippen molar-refractivity contribution in [3.05, 3.63) is 127 Å². The number of rotatable bonds is 7. The number of aromatic nitrogens is 1. The first kappa shape index (κ1) is 23.8. The van der Waals surface area contributed by atoms with Crippen LogP contribution in [0.5, 0.6) is 17.2 Å². The van der Waals surface area contributed by atoms with Crippen molar-refractivity contribution < 1.29 is 13.9 Å². The maximum absolute atomic E-state index is 6.42. The smallest absolute Gasteiger partial charge is 0.174 e. The van der Waals surface area contributed by atoms with Crippen LogP contribution in [0.1, 0.15) is 23.5 Å². The highest BCUT2D eigenvalue weighted by Gasteiger charge is 2.42. The van der Waals surface area contributed by atoms with Crippen molar-refractivity contribution in [1.29, 1.82) is 0 Å². The number of benzene rings is 3. The zero-order valence-corrected chi connectivity index (χ0v) is 21.5. The molecule has 1 saturated heterocycles. The number of pyridine rings is 1. The van der Waals surface area contributed by atoms with Crippen LogP contribution in [-0.4, -0.2) is 17.2 Å². The van der Waals surface area contributed by atoms with Gasteiger partial charge in [0.1, 0.15) is 34.8 Å². The average Bonchev–Trinajstić information content (AvgIpc) is 3.60. The molecule has 6 rings (SSSR count). The van der Waals surface area contributed by atoms with Gasteiger partial charge in [-0.1, -0.05) is 36.4 Å². The van der Waals surface area contributed by atoms with E-state index in [0.717, 1.165) is 45.7 Å². The molecule has 1 N–H and O–H groups in total. The molecule has 6 nitrogen and oxygen atoms in total. The lowest BCUT2D eigenvalue weighted by atomic mass is 10.0. The molecule has 188 valence electrons. The van der Waals surface area contributed by atoms with Crippen LogP contribution in [0.2, 0.25) is 0 Å². The third-order valence-corrected chi connectivity index (χ3v) is 6.80. The van der Waals surface area contributed by atoms with Gasteiger partial charge in [0.2, 0.25) is 0 Å². The molecule has 0 aliphatic carbocycles. The Morgan fingerprint density at radius 2 is 1.47 bits per heavy atom. The predicted molar refractivity (Wildman–Crippen MR) is 152 cm³/mol. The SMILES string of the molecule is COc1ccc(Oc2ccc(N3C(=S)N[C@H](c4ccccn4)[C@H]3c3ccc(-c4ccccc4)o3)cc2)cc1. The summed E-state index contributed by atoms with van der Waals surface area (Å²) in [5.41, 5.74) is 2.83. The number of anilines is 1. The van der Waals surface area contributed by atoms with Gasteiger partial charge in [0.15, 0.2) is 5.11 Å². The highest BCUT2D eigenvalue weighted by Crippen LogP contribution is 2.43. The Morgan fingerprint density at radius 3 is 2.16 bits per heavy atom. The number of nitrogens with zero attached hydrogens (tertiary/aromatic N) is 2. The van der Waals surface area contributed by atoms with E-state index < -0.39 is 0 Å². The lowest BCUT2D eigenvalue weighted by molar-refractivity contribution is 0.413. The number of nitrogens with one attached hydrogen (secondary N) is 1. The Balaban J connectivity index is 1.32. The monoisotopic (exact) mass is 519 g/mol. The predicted octanol–water partition coefficient (Wildman–Crippen LogP) is 7.32. The Morgan fingerprint density at radius 1 is 0.789 bits per heavy atom. The summed E-state index contributed by atoms with van der Waals surface area (Å²) < 4.78 is 17.7. The largest absolute Gasteiger partial charge is 0.497 e. The standard InChI is InChI=1S/C31H25N3O3S/c1-35-23-14-16-25(17-15-23)36-24-12-10-22(11-13-24)34-30(29(33-31(34)38)26-9-5-6-20-32-26)28-19-18-27(37-28)21-7-3-2-4-8-21/h2-20,29-30H,1H3,(H,33,38)/t29-,30-/m1/s1. The summed E-state index contributed by atoms with van der Waals surface area (Å²) >= 11 is 5.84. The van der Waals surface area contributed by atoms with Crippen LogP contribution in [-0.2, 0) is 0 Å². The van der Waals surface area contributed by atoms with Gasteiger partial charge in [-0.25, -0.2) is 0 Å². The average molecular weight is 520 g/mol. The van der Waals surface area contributed by atoms with Crippen molar-refractivity contribution in [2.24, 2.45) is 0 Å².